The summed E-state index contributed by atoms with van der Waals surface area (Å²) in [4.78, 5) is 2.43. The predicted octanol–water partition coefficient (Wildman–Crippen LogP) is 17.6. The number of rotatable bonds is 5. The number of anilines is 3. The van der Waals surface area contributed by atoms with Gasteiger partial charge in [-0.2, -0.15) is 0 Å². The van der Waals surface area contributed by atoms with Gasteiger partial charge in [0.15, 0.2) is 0 Å². The van der Waals surface area contributed by atoms with E-state index in [1.165, 1.54) is 83.1 Å². The number of ether oxygens (including phenoxy) is 1. The minimum absolute atomic E-state index is 0.125. The van der Waals surface area contributed by atoms with Crippen LogP contribution in [0.15, 0.2) is 237 Å². The highest BCUT2D eigenvalue weighted by Gasteiger charge is 2.52. The summed E-state index contributed by atoms with van der Waals surface area (Å²) in [6, 6.07) is 87.4. The fraction of sp³-hybridized carbons (Fsp3) is 0.0606. The molecule has 0 radical (unpaired) electrons. The van der Waals surface area contributed by atoms with Crippen LogP contribution in [-0.2, 0) is 10.8 Å². The standard InChI is InChI=1S/C66H45NO/c1-65(2)57-25-12-10-23-53(57)55-36-34-50(41-61(55)65)67(49-20-14-19-46(39-49)42-15-4-3-5-16-42)48-32-27-43(28-33-48)47-29-35-56-54-24-11-13-26-58(54)66(62(56)40-47)59-37-30-44-17-6-8-21-51(44)63(59)68-64-52-22-9-7-18-45(52)31-38-60(64)66/h3-41H,1-2H3. The molecule has 2 aliphatic carbocycles. The van der Waals surface area contributed by atoms with Crippen LogP contribution in [0.3, 0.4) is 0 Å². The molecule has 0 aromatic heterocycles. The van der Waals surface area contributed by atoms with E-state index in [9.17, 15) is 0 Å². The van der Waals surface area contributed by atoms with Crippen molar-refractivity contribution < 1.29 is 4.74 Å². The molecule has 11 aromatic carbocycles. The van der Waals surface area contributed by atoms with Gasteiger partial charge >= 0.3 is 0 Å². The molecule has 2 nitrogen and oxygen atoms in total. The van der Waals surface area contributed by atoms with Crippen LogP contribution < -0.4 is 9.64 Å². The number of nitrogens with zero attached hydrogens (tertiary/aromatic N) is 1. The van der Waals surface area contributed by atoms with Gasteiger partial charge < -0.3 is 9.64 Å². The van der Waals surface area contributed by atoms with E-state index in [4.69, 9.17) is 4.74 Å². The molecule has 3 aliphatic rings. The Morgan fingerprint density at radius 2 is 0.809 bits per heavy atom. The van der Waals surface area contributed by atoms with E-state index in [1.54, 1.807) is 0 Å². The molecule has 320 valence electrons. The normalized spacial score (nSPS) is 14.1. The zero-order chi connectivity index (χ0) is 45.1. The fourth-order valence-electron chi connectivity index (χ4n) is 12.1. The molecule has 0 unspecified atom stereocenters. The minimum atomic E-state index is -0.611. The summed E-state index contributed by atoms with van der Waals surface area (Å²) in [5.41, 5.74) is 20.1. The molecule has 1 spiro atoms. The van der Waals surface area contributed by atoms with Crippen molar-refractivity contribution >= 4 is 38.6 Å². The first-order valence-corrected chi connectivity index (χ1v) is 23.7. The largest absolute Gasteiger partial charge is 0.455 e. The highest BCUT2D eigenvalue weighted by Crippen LogP contribution is 2.64. The molecular formula is C66H45NO. The first-order valence-electron chi connectivity index (χ1n) is 23.7. The molecule has 11 aromatic rings. The average molecular weight is 868 g/mol. The maximum Gasteiger partial charge on any atom is 0.140 e. The van der Waals surface area contributed by atoms with Gasteiger partial charge in [-0.1, -0.05) is 208 Å². The van der Waals surface area contributed by atoms with Gasteiger partial charge in [0.1, 0.15) is 11.5 Å². The summed E-state index contributed by atoms with van der Waals surface area (Å²) < 4.78 is 7.22. The molecule has 1 aliphatic heterocycles. The van der Waals surface area contributed by atoms with Crippen molar-refractivity contribution in [2.45, 2.75) is 24.7 Å². The predicted molar refractivity (Wildman–Crippen MR) is 282 cm³/mol. The smallest absolute Gasteiger partial charge is 0.140 e. The average Bonchev–Trinajstić information content (AvgIpc) is 3.81. The maximum atomic E-state index is 7.22. The van der Waals surface area contributed by atoms with Crippen molar-refractivity contribution in [2.24, 2.45) is 0 Å². The third kappa shape index (κ3) is 5.46. The SMILES string of the molecule is CC1(C)c2ccccc2-c2ccc(N(c3ccc(-c4ccc5c(c4)C4(c6ccccc6-5)c5ccc6ccccc6c5Oc5c4ccc4ccccc54)cc3)c3cccc(-c4ccccc4)c3)cc21. The van der Waals surface area contributed by atoms with Gasteiger partial charge in [-0.15, -0.1) is 0 Å². The van der Waals surface area contributed by atoms with Gasteiger partial charge in [-0.3, -0.25) is 0 Å². The summed E-state index contributed by atoms with van der Waals surface area (Å²) in [6.45, 7) is 4.72. The molecule has 0 atom stereocenters. The summed E-state index contributed by atoms with van der Waals surface area (Å²) in [7, 11) is 0. The molecule has 0 fully saturated rings. The van der Waals surface area contributed by atoms with E-state index < -0.39 is 5.41 Å². The number of hydrogen-bond acceptors (Lipinski definition) is 2. The first kappa shape index (κ1) is 38.8. The second-order valence-electron chi connectivity index (χ2n) is 19.2. The molecule has 2 heteroatoms. The Labute approximate surface area is 397 Å². The Morgan fingerprint density at radius 1 is 0.309 bits per heavy atom. The monoisotopic (exact) mass is 867 g/mol. The van der Waals surface area contributed by atoms with Crippen LogP contribution in [-0.4, -0.2) is 0 Å². The number of hydrogen-bond donors (Lipinski definition) is 0. The molecule has 14 rings (SSSR count). The minimum Gasteiger partial charge on any atom is -0.455 e. The molecule has 0 saturated carbocycles. The van der Waals surface area contributed by atoms with Crippen LogP contribution >= 0.6 is 0 Å². The molecule has 0 amide bonds. The van der Waals surface area contributed by atoms with Crippen LogP contribution in [0.25, 0.3) is 66.1 Å². The number of fused-ring (bicyclic) bond motifs is 16. The molecule has 0 bridgehead atoms. The lowest BCUT2D eigenvalue weighted by atomic mass is 9.65. The van der Waals surface area contributed by atoms with E-state index in [2.05, 4.69) is 255 Å². The van der Waals surface area contributed by atoms with Crippen molar-refractivity contribution in [1.82, 2.24) is 0 Å². The lowest BCUT2D eigenvalue weighted by Gasteiger charge is -2.40. The van der Waals surface area contributed by atoms with E-state index in [-0.39, 0.29) is 5.41 Å². The Hall–Kier alpha value is -8.46. The molecular weight excluding hydrogens is 823 g/mol. The summed E-state index contributed by atoms with van der Waals surface area (Å²) in [5, 5.41) is 4.58. The van der Waals surface area contributed by atoms with E-state index in [1.807, 2.05) is 0 Å². The first-order chi connectivity index (χ1) is 33.5. The third-order valence-corrected chi connectivity index (χ3v) is 15.3. The molecule has 0 saturated heterocycles. The Kier molecular flexibility index (Phi) is 8.28. The molecule has 68 heavy (non-hydrogen) atoms. The topological polar surface area (TPSA) is 12.5 Å². The number of benzene rings is 11. The Morgan fingerprint density at radius 3 is 1.53 bits per heavy atom. The van der Waals surface area contributed by atoms with Gasteiger partial charge in [-0.05, 0) is 120 Å². The van der Waals surface area contributed by atoms with Gasteiger partial charge in [0.05, 0.1) is 5.41 Å². The maximum absolute atomic E-state index is 7.22. The zero-order valence-corrected chi connectivity index (χ0v) is 37.9. The highest BCUT2D eigenvalue weighted by molar-refractivity contribution is 6.00. The van der Waals surface area contributed by atoms with E-state index in [0.717, 1.165) is 44.9 Å². The van der Waals surface area contributed by atoms with Gasteiger partial charge in [0, 0.05) is 44.4 Å². The summed E-state index contributed by atoms with van der Waals surface area (Å²) >= 11 is 0. The summed E-state index contributed by atoms with van der Waals surface area (Å²) in [5.74, 6) is 1.86. The summed E-state index contributed by atoms with van der Waals surface area (Å²) in [6.07, 6.45) is 0. The van der Waals surface area contributed by atoms with Crippen LogP contribution in [0.4, 0.5) is 17.1 Å². The second kappa shape index (κ2) is 14.5. The van der Waals surface area contributed by atoms with Crippen molar-refractivity contribution in [2.75, 3.05) is 4.90 Å². The van der Waals surface area contributed by atoms with Gasteiger partial charge in [0.25, 0.3) is 0 Å². The van der Waals surface area contributed by atoms with E-state index >= 15 is 0 Å². The van der Waals surface area contributed by atoms with Gasteiger partial charge in [-0.25, -0.2) is 0 Å². The lowest BCUT2D eigenvalue weighted by Crippen LogP contribution is -2.32. The van der Waals surface area contributed by atoms with Crippen molar-refractivity contribution in [3.63, 3.8) is 0 Å². The molecule has 0 N–H and O–H groups in total. The van der Waals surface area contributed by atoms with Crippen LogP contribution in [0.5, 0.6) is 11.5 Å². The zero-order valence-electron chi connectivity index (χ0n) is 37.9. The van der Waals surface area contributed by atoms with Crippen molar-refractivity contribution in [3.8, 4) is 56.0 Å². The van der Waals surface area contributed by atoms with Crippen molar-refractivity contribution in [3.05, 3.63) is 270 Å². The Bertz CT molecular complexity index is 3780. The lowest BCUT2D eigenvalue weighted by molar-refractivity contribution is 0.447. The van der Waals surface area contributed by atoms with Gasteiger partial charge in [0.2, 0.25) is 0 Å². The highest BCUT2D eigenvalue weighted by atomic mass is 16.5. The molecule has 1 heterocycles. The van der Waals surface area contributed by atoms with Crippen LogP contribution in [0.2, 0.25) is 0 Å². The fourth-order valence-corrected chi connectivity index (χ4v) is 12.1. The van der Waals surface area contributed by atoms with Crippen molar-refractivity contribution in [1.29, 1.82) is 0 Å². The quantitative estimate of drug-likeness (QED) is 0.171. The van der Waals surface area contributed by atoms with Crippen LogP contribution in [0, 0.1) is 0 Å². The Balaban J connectivity index is 0.940. The second-order valence-corrected chi connectivity index (χ2v) is 19.2. The van der Waals surface area contributed by atoms with Crippen LogP contribution in [0.1, 0.15) is 47.2 Å². The third-order valence-electron chi connectivity index (χ3n) is 15.3. The van der Waals surface area contributed by atoms with E-state index in [0.29, 0.717) is 0 Å².